The molecule has 7 unspecified atom stereocenters. The minimum atomic E-state index is -0.998. The zero-order chi connectivity index (χ0) is 41.7. The molecule has 0 radical (unpaired) electrons. The van der Waals surface area contributed by atoms with Crippen LogP contribution >= 0.6 is 0 Å². The number of hydroxylamine groups is 1. The maximum Gasteiger partial charge on any atom is 0.308 e. The summed E-state index contributed by atoms with van der Waals surface area (Å²) in [6, 6.07) is -0.535. The Balaban J connectivity index is 0.884. The molecule has 14 heteroatoms. The molecule has 0 aromatic rings. The molecule has 6 saturated carbocycles. The summed E-state index contributed by atoms with van der Waals surface area (Å²) in [4.78, 5) is 64.0. The van der Waals surface area contributed by atoms with E-state index < -0.39 is 41.7 Å². The molecule has 6 rings (SSSR count). The third kappa shape index (κ3) is 13.1. The van der Waals surface area contributed by atoms with Crippen LogP contribution in [0.25, 0.3) is 0 Å². The monoisotopic (exact) mass is 833 g/mol. The highest BCUT2D eigenvalue weighted by molar-refractivity contribution is 5.86. The van der Waals surface area contributed by atoms with Crippen molar-refractivity contribution >= 4 is 29.8 Å². The molecule has 0 spiro atoms. The summed E-state index contributed by atoms with van der Waals surface area (Å²) in [6.07, 6.45) is 19.4. The number of ether oxygens (including phenoxy) is 4. The Morgan fingerprint density at radius 2 is 1.03 bits per heavy atom. The second-order valence-electron chi connectivity index (χ2n) is 19.1. The number of carboxylic acids is 2. The zero-order valence-electron chi connectivity index (χ0n) is 35.1. The lowest BCUT2D eigenvalue weighted by atomic mass is 9.66. The Hall–Kier alpha value is -2.81. The summed E-state index contributed by atoms with van der Waals surface area (Å²) < 4.78 is 23.7. The van der Waals surface area contributed by atoms with E-state index in [9.17, 15) is 39.4 Å². The minimum absolute atomic E-state index is 0.0172. The van der Waals surface area contributed by atoms with Gasteiger partial charge in [-0.2, -0.15) is 0 Å². The highest BCUT2D eigenvalue weighted by atomic mass is 16.7. The first-order valence-corrected chi connectivity index (χ1v) is 23.3. The van der Waals surface area contributed by atoms with Crippen LogP contribution in [0.3, 0.4) is 0 Å². The van der Waals surface area contributed by atoms with E-state index in [1.807, 2.05) is 0 Å². The molecule has 334 valence electrons. The van der Waals surface area contributed by atoms with Crippen molar-refractivity contribution in [2.75, 3.05) is 20.0 Å². The van der Waals surface area contributed by atoms with Gasteiger partial charge in [0, 0.05) is 12.1 Å². The molecule has 0 heterocycles. The maximum absolute atomic E-state index is 13.5. The highest BCUT2D eigenvalue weighted by Gasteiger charge is 2.46. The minimum Gasteiger partial charge on any atom is -0.481 e. The van der Waals surface area contributed by atoms with Gasteiger partial charge in [0.05, 0.1) is 55.0 Å². The van der Waals surface area contributed by atoms with E-state index in [2.05, 4.69) is 10.8 Å². The van der Waals surface area contributed by atoms with Crippen LogP contribution in [0.15, 0.2) is 0 Å². The molecule has 0 saturated heterocycles. The molecule has 1 amide bonds. The van der Waals surface area contributed by atoms with Crippen LogP contribution in [0.4, 0.5) is 0 Å². The Morgan fingerprint density at radius 1 is 0.542 bits per heavy atom. The van der Waals surface area contributed by atoms with E-state index in [4.69, 9.17) is 18.9 Å². The lowest BCUT2D eigenvalue weighted by molar-refractivity contribution is -0.158. The van der Waals surface area contributed by atoms with Crippen molar-refractivity contribution in [3.05, 3.63) is 0 Å². The van der Waals surface area contributed by atoms with Gasteiger partial charge in [-0.3, -0.25) is 24.0 Å². The van der Waals surface area contributed by atoms with E-state index in [1.165, 1.54) is 25.7 Å². The van der Waals surface area contributed by atoms with Gasteiger partial charge in [0.1, 0.15) is 6.79 Å². The van der Waals surface area contributed by atoms with Crippen molar-refractivity contribution in [2.24, 2.45) is 53.3 Å². The van der Waals surface area contributed by atoms with Gasteiger partial charge in [-0.25, -0.2) is 5.48 Å². The zero-order valence-corrected chi connectivity index (χ0v) is 35.1. The smallest absolute Gasteiger partial charge is 0.308 e. The lowest BCUT2D eigenvalue weighted by Gasteiger charge is -2.42. The van der Waals surface area contributed by atoms with Gasteiger partial charge in [-0.15, -0.1) is 0 Å². The summed E-state index contributed by atoms with van der Waals surface area (Å²) >= 11 is 0. The number of rotatable bonds is 17. The van der Waals surface area contributed by atoms with Gasteiger partial charge < -0.3 is 39.7 Å². The SMILES string of the molecule is O=C(OCC1CCCCC1)C1CCC(C(=O)O)C(C(=O)NC2CCC(OCOC3CCC(C(NO)C4CC(C(=O)OCC5CCCCC5)CCC4C(=O)O)CC3)CC2)C1. The standard InChI is InChI=1S/C45H72N2O12/c48-41(39-24-32(14-22-37(39)43(51)52)45(54)57-26-29-9-5-2-6-10-29)46-33-15-19-35(20-16-33)59-27-58-34-17-11-30(12-18-34)40(47-55)38-23-31(13-21-36(38)42(49)50)44(53)56-25-28-7-3-1-4-8-28/h28-40,47,55H,1-27H2,(H,46,48)(H,49,50)(H,51,52). The average Bonchev–Trinajstić information content (AvgIpc) is 3.26. The van der Waals surface area contributed by atoms with Gasteiger partial charge in [0.15, 0.2) is 0 Å². The lowest BCUT2D eigenvalue weighted by Crippen LogP contribution is -2.50. The first-order valence-electron chi connectivity index (χ1n) is 23.3. The normalized spacial score (nSPS) is 34.3. The number of carbonyl (C=O) groups is 5. The number of hydrogen-bond acceptors (Lipinski definition) is 11. The molecule has 14 nitrogen and oxygen atoms in total. The number of amides is 1. The molecule has 59 heavy (non-hydrogen) atoms. The van der Waals surface area contributed by atoms with Crippen molar-refractivity contribution < 1.29 is 58.3 Å². The van der Waals surface area contributed by atoms with Crippen LogP contribution in [0.2, 0.25) is 0 Å². The first-order chi connectivity index (χ1) is 28.6. The molecule has 0 bridgehead atoms. The quantitative estimate of drug-likeness (QED) is 0.0582. The molecular formula is C45H72N2O12. The molecule has 5 N–H and O–H groups in total. The van der Waals surface area contributed by atoms with Crippen LogP contribution in [0.1, 0.15) is 154 Å². The van der Waals surface area contributed by atoms with Crippen molar-refractivity contribution in [3.63, 3.8) is 0 Å². The van der Waals surface area contributed by atoms with Crippen LogP contribution < -0.4 is 10.8 Å². The van der Waals surface area contributed by atoms with E-state index >= 15 is 0 Å². The molecule has 0 aromatic carbocycles. The predicted molar refractivity (Wildman–Crippen MR) is 215 cm³/mol. The number of carboxylic acid groups (broad SMARTS) is 2. The van der Waals surface area contributed by atoms with Crippen LogP contribution in [0, 0.1) is 53.3 Å². The van der Waals surface area contributed by atoms with Gasteiger partial charge >= 0.3 is 23.9 Å². The topological polar surface area (TPSA) is 207 Å². The molecule has 6 fully saturated rings. The first kappa shape index (κ1) is 45.7. The summed E-state index contributed by atoms with van der Waals surface area (Å²) in [5.74, 6) is -5.30. The van der Waals surface area contributed by atoms with Gasteiger partial charge in [-0.1, -0.05) is 38.5 Å². The molecule has 7 atom stereocenters. The van der Waals surface area contributed by atoms with E-state index in [0.29, 0.717) is 63.6 Å². The molecule has 0 aliphatic heterocycles. The number of nitrogens with one attached hydrogen (secondary N) is 2. The Kier molecular flexibility index (Phi) is 17.7. The molecule has 6 aliphatic carbocycles. The van der Waals surface area contributed by atoms with Crippen molar-refractivity contribution in [2.45, 2.75) is 178 Å². The van der Waals surface area contributed by atoms with Crippen molar-refractivity contribution in [1.29, 1.82) is 0 Å². The van der Waals surface area contributed by atoms with Gasteiger partial charge in [-0.05, 0) is 139 Å². The summed E-state index contributed by atoms with van der Waals surface area (Å²) in [5.41, 5.74) is 2.48. The Morgan fingerprint density at radius 3 is 1.54 bits per heavy atom. The summed E-state index contributed by atoms with van der Waals surface area (Å²) in [7, 11) is 0. The van der Waals surface area contributed by atoms with Crippen molar-refractivity contribution in [1.82, 2.24) is 10.8 Å². The fourth-order valence-electron chi connectivity index (χ4n) is 11.5. The van der Waals surface area contributed by atoms with Gasteiger partial charge in [0.25, 0.3) is 0 Å². The highest BCUT2D eigenvalue weighted by Crippen LogP contribution is 2.42. The fourth-order valence-corrected chi connectivity index (χ4v) is 11.5. The number of carbonyl (C=O) groups excluding carboxylic acids is 3. The molecule has 0 aromatic heterocycles. The second-order valence-corrected chi connectivity index (χ2v) is 19.1. The third-order valence-electron chi connectivity index (χ3n) is 15.2. The predicted octanol–water partition coefficient (Wildman–Crippen LogP) is 6.79. The largest absolute Gasteiger partial charge is 0.481 e. The van der Waals surface area contributed by atoms with Crippen LogP contribution in [0.5, 0.6) is 0 Å². The average molecular weight is 833 g/mol. The van der Waals surface area contributed by atoms with E-state index in [0.717, 1.165) is 77.0 Å². The van der Waals surface area contributed by atoms with E-state index in [-0.39, 0.29) is 73.5 Å². The van der Waals surface area contributed by atoms with Crippen molar-refractivity contribution in [3.8, 4) is 0 Å². The third-order valence-corrected chi connectivity index (χ3v) is 15.2. The Bertz CT molecular complexity index is 1370. The second kappa shape index (κ2) is 22.9. The maximum atomic E-state index is 13.5. The molecular weight excluding hydrogens is 760 g/mol. The fraction of sp³-hybridized carbons (Fsp3) is 0.889. The number of esters is 2. The number of hydrogen-bond donors (Lipinski definition) is 5. The van der Waals surface area contributed by atoms with E-state index in [1.54, 1.807) is 0 Å². The summed E-state index contributed by atoms with van der Waals surface area (Å²) in [6.45, 7) is 0.998. The van der Waals surface area contributed by atoms with Crippen LogP contribution in [-0.2, 0) is 42.9 Å². The molecule has 6 aliphatic rings. The van der Waals surface area contributed by atoms with Crippen LogP contribution in [-0.4, -0.2) is 89.5 Å². The van der Waals surface area contributed by atoms with Gasteiger partial charge in [0.2, 0.25) is 5.91 Å². The summed E-state index contributed by atoms with van der Waals surface area (Å²) in [5, 5.41) is 33.5. The number of aliphatic carboxylic acids is 2. The Labute approximate surface area is 349 Å².